The largest absolute Gasteiger partial charge is 1.00 e. The van der Waals surface area contributed by atoms with Crippen molar-refractivity contribution in [3.05, 3.63) is 29.3 Å². The Kier molecular flexibility index (Phi) is 15.8. The third-order valence-electron chi connectivity index (χ3n) is 4.47. The van der Waals surface area contributed by atoms with Crippen molar-refractivity contribution in [3.63, 3.8) is 0 Å². The van der Waals surface area contributed by atoms with E-state index in [1.165, 1.54) is 62.5 Å². The van der Waals surface area contributed by atoms with E-state index >= 15 is 0 Å². The van der Waals surface area contributed by atoms with Crippen LogP contribution in [0.2, 0.25) is 0 Å². The molecule has 0 atom stereocenters. The fourth-order valence-electron chi connectivity index (χ4n) is 3.04. The van der Waals surface area contributed by atoms with Crippen LogP contribution in [0.5, 0.6) is 5.75 Å². The Balaban J connectivity index is 0.00000676. The molecule has 4 nitrogen and oxygen atoms in total. The van der Waals surface area contributed by atoms with Gasteiger partial charge in [0.1, 0.15) is 5.75 Å². The minimum Gasteiger partial charge on any atom is -0.748 e. The van der Waals surface area contributed by atoms with Crippen molar-refractivity contribution in [2.24, 2.45) is 0 Å². The van der Waals surface area contributed by atoms with Gasteiger partial charge in [0.25, 0.3) is 0 Å². The molecule has 1 aromatic rings. The standard InChI is InChI=1S/C21H36O4S.Na/c1-3-5-7-9-12-19-16-20(13-10-8-6-4-2)18-21(17-19)25-14-11-15-26(22,23)24;/h16-18H,3-15H2,1-2H3,(H,22,23,24);/q;+1/p-1. The molecule has 1 aromatic carbocycles. The molecular weight excluding hydrogens is 371 g/mol. The van der Waals surface area contributed by atoms with E-state index in [-0.39, 0.29) is 48.3 Å². The smallest absolute Gasteiger partial charge is 0.748 e. The third-order valence-corrected chi connectivity index (χ3v) is 5.26. The molecule has 0 spiro atoms. The molecule has 0 saturated heterocycles. The number of aryl methyl sites for hydroxylation is 2. The minimum atomic E-state index is -4.16. The molecule has 0 aromatic heterocycles. The van der Waals surface area contributed by atoms with Crippen LogP contribution in [-0.2, 0) is 23.0 Å². The number of hydrogen-bond acceptors (Lipinski definition) is 4. The molecule has 0 N–H and O–H groups in total. The molecule has 0 aliphatic carbocycles. The second-order valence-electron chi connectivity index (χ2n) is 7.07. The molecular formula is C21H35NaO4S. The van der Waals surface area contributed by atoms with E-state index in [1.807, 2.05) is 0 Å². The summed E-state index contributed by atoms with van der Waals surface area (Å²) in [6.07, 6.45) is 12.2. The summed E-state index contributed by atoms with van der Waals surface area (Å²) in [5.41, 5.74) is 2.58. The second-order valence-corrected chi connectivity index (χ2v) is 8.59. The summed E-state index contributed by atoms with van der Waals surface area (Å²) in [4.78, 5) is 0. The SMILES string of the molecule is CCCCCCc1cc(CCCCCC)cc(OCCCS(=O)(=O)[O-])c1.[Na+]. The van der Waals surface area contributed by atoms with Gasteiger partial charge in [-0.2, -0.15) is 0 Å². The Morgan fingerprint density at radius 1 is 0.815 bits per heavy atom. The van der Waals surface area contributed by atoms with Gasteiger partial charge >= 0.3 is 29.6 Å². The first-order chi connectivity index (χ1) is 12.4. The molecule has 0 bridgehead atoms. The fraction of sp³-hybridized carbons (Fsp3) is 0.714. The van der Waals surface area contributed by atoms with Crippen molar-refractivity contribution < 1.29 is 47.3 Å². The van der Waals surface area contributed by atoms with Gasteiger partial charge < -0.3 is 9.29 Å². The van der Waals surface area contributed by atoms with Gasteiger partial charge in [0, 0.05) is 5.75 Å². The summed E-state index contributed by atoms with van der Waals surface area (Å²) in [6, 6.07) is 6.41. The van der Waals surface area contributed by atoms with Crippen molar-refractivity contribution >= 4 is 10.1 Å². The summed E-state index contributed by atoms with van der Waals surface area (Å²) in [5.74, 6) is 0.430. The zero-order valence-electron chi connectivity index (χ0n) is 17.5. The van der Waals surface area contributed by atoms with Crippen LogP contribution in [0.1, 0.15) is 82.8 Å². The molecule has 0 fully saturated rings. The summed E-state index contributed by atoms with van der Waals surface area (Å²) in [7, 11) is -4.16. The zero-order chi connectivity index (χ0) is 19.3. The number of ether oxygens (including phenoxy) is 1. The molecule has 0 aliphatic rings. The number of unbranched alkanes of at least 4 members (excludes halogenated alkanes) is 6. The monoisotopic (exact) mass is 406 g/mol. The topological polar surface area (TPSA) is 66.4 Å². The van der Waals surface area contributed by atoms with Crippen LogP contribution in [-0.4, -0.2) is 25.3 Å². The van der Waals surface area contributed by atoms with E-state index in [9.17, 15) is 13.0 Å². The van der Waals surface area contributed by atoms with Crippen molar-refractivity contribution in [2.75, 3.05) is 12.4 Å². The molecule has 0 radical (unpaired) electrons. The quantitative estimate of drug-likeness (QED) is 0.255. The molecule has 1 rings (SSSR count). The molecule has 0 aliphatic heterocycles. The maximum Gasteiger partial charge on any atom is 1.00 e. The minimum absolute atomic E-state index is 0. The summed E-state index contributed by atoms with van der Waals surface area (Å²) < 4.78 is 37.8. The van der Waals surface area contributed by atoms with E-state index in [0.29, 0.717) is 0 Å². The summed E-state index contributed by atoms with van der Waals surface area (Å²) in [6.45, 7) is 4.69. The van der Waals surface area contributed by atoms with Gasteiger partial charge in [0.2, 0.25) is 0 Å². The van der Waals surface area contributed by atoms with Gasteiger partial charge in [-0.05, 0) is 55.4 Å². The molecule has 0 saturated carbocycles. The van der Waals surface area contributed by atoms with Crippen molar-refractivity contribution in [3.8, 4) is 5.75 Å². The van der Waals surface area contributed by atoms with E-state index in [0.717, 1.165) is 18.6 Å². The molecule has 150 valence electrons. The van der Waals surface area contributed by atoms with Crippen LogP contribution in [0.25, 0.3) is 0 Å². The van der Waals surface area contributed by atoms with Gasteiger partial charge in [-0.15, -0.1) is 0 Å². The van der Waals surface area contributed by atoms with Crippen molar-refractivity contribution in [1.29, 1.82) is 0 Å². The Labute approximate surface area is 188 Å². The van der Waals surface area contributed by atoms with E-state index < -0.39 is 10.1 Å². The van der Waals surface area contributed by atoms with Gasteiger partial charge in [-0.1, -0.05) is 58.4 Å². The molecule has 6 heteroatoms. The van der Waals surface area contributed by atoms with Crippen LogP contribution in [0.4, 0.5) is 0 Å². The average molecular weight is 407 g/mol. The first kappa shape index (κ1) is 26.9. The predicted octanol–water partition coefficient (Wildman–Crippen LogP) is 2.25. The van der Waals surface area contributed by atoms with Crippen LogP contribution in [0, 0.1) is 0 Å². The van der Waals surface area contributed by atoms with Crippen LogP contribution >= 0.6 is 0 Å². The number of benzene rings is 1. The molecule has 0 heterocycles. The molecule has 0 amide bonds. The van der Waals surface area contributed by atoms with Gasteiger partial charge in [0.05, 0.1) is 16.7 Å². The predicted molar refractivity (Wildman–Crippen MR) is 107 cm³/mol. The number of hydrogen-bond donors (Lipinski definition) is 0. The van der Waals surface area contributed by atoms with Gasteiger partial charge in [-0.3, -0.25) is 0 Å². The average Bonchev–Trinajstić information content (AvgIpc) is 2.59. The maximum absolute atomic E-state index is 10.7. The normalized spacial score (nSPS) is 11.2. The van der Waals surface area contributed by atoms with E-state index in [2.05, 4.69) is 32.0 Å². The van der Waals surface area contributed by atoms with E-state index in [1.54, 1.807) is 0 Å². The van der Waals surface area contributed by atoms with Crippen LogP contribution in [0.15, 0.2) is 18.2 Å². The van der Waals surface area contributed by atoms with Crippen LogP contribution in [0.3, 0.4) is 0 Å². The van der Waals surface area contributed by atoms with Crippen molar-refractivity contribution in [1.82, 2.24) is 0 Å². The second kappa shape index (κ2) is 15.8. The Morgan fingerprint density at radius 3 is 1.78 bits per heavy atom. The van der Waals surface area contributed by atoms with Crippen molar-refractivity contribution in [2.45, 2.75) is 84.5 Å². The Bertz CT molecular complexity index is 572. The first-order valence-corrected chi connectivity index (χ1v) is 11.7. The Hall–Kier alpha value is -0.0700. The molecule has 0 unspecified atom stereocenters. The van der Waals surface area contributed by atoms with Crippen LogP contribution < -0.4 is 34.3 Å². The maximum atomic E-state index is 10.7. The summed E-state index contributed by atoms with van der Waals surface area (Å²) >= 11 is 0. The Morgan fingerprint density at radius 2 is 1.33 bits per heavy atom. The first-order valence-electron chi connectivity index (χ1n) is 10.1. The number of rotatable bonds is 15. The summed E-state index contributed by atoms with van der Waals surface area (Å²) in [5, 5.41) is 0. The van der Waals surface area contributed by atoms with E-state index in [4.69, 9.17) is 4.74 Å². The van der Waals surface area contributed by atoms with Gasteiger partial charge in [0.15, 0.2) is 0 Å². The zero-order valence-corrected chi connectivity index (χ0v) is 20.3. The van der Waals surface area contributed by atoms with Gasteiger partial charge in [-0.25, -0.2) is 8.42 Å². The fourth-order valence-corrected chi connectivity index (χ4v) is 3.51. The molecule has 27 heavy (non-hydrogen) atoms. The third kappa shape index (κ3) is 14.6.